The van der Waals surface area contributed by atoms with Crippen LogP contribution < -0.4 is 10.6 Å². The molecule has 0 aliphatic rings. The maximum Gasteiger partial charge on any atom is 0.349 e. The molecule has 0 bridgehead atoms. The molecule has 144 valence electrons. The van der Waals surface area contributed by atoms with Gasteiger partial charge in [-0.25, -0.2) is 9.18 Å². The lowest BCUT2D eigenvalue weighted by Crippen LogP contribution is -2.21. The molecule has 1 aromatic heterocycles. The van der Waals surface area contributed by atoms with E-state index in [1.54, 1.807) is 43.3 Å². The number of fused-ring (bicyclic) bond motifs is 1. The summed E-state index contributed by atoms with van der Waals surface area (Å²) < 4.78 is 19.7. The van der Waals surface area contributed by atoms with Crippen LogP contribution in [0.5, 0.6) is 0 Å². The van der Waals surface area contributed by atoms with Crippen LogP contribution in [0.1, 0.15) is 22.2 Å². The van der Waals surface area contributed by atoms with Gasteiger partial charge in [0.1, 0.15) is 10.7 Å². The lowest BCUT2D eigenvalue weighted by atomic mass is 10.1. The summed E-state index contributed by atoms with van der Waals surface area (Å²) in [5, 5.41) is 5.59. The van der Waals surface area contributed by atoms with Gasteiger partial charge in [0.2, 0.25) is 5.91 Å². The number of hydrogen-bond donors (Lipinski definition) is 2. The fraction of sp³-hybridized carbons (Fsp3) is 0.150. The molecule has 0 atom stereocenters. The fourth-order valence-electron chi connectivity index (χ4n) is 2.72. The Kier molecular flexibility index (Phi) is 5.70. The first-order valence-corrected chi connectivity index (χ1v) is 9.19. The molecule has 3 rings (SSSR count). The zero-order valence-electron chi connectivity index (χ0n) is 15.2. The largest absolute Gasteiger partial charge is 0.451 e. The van der Waals surface area contributed by atoms with Crippen molar-refractivity contribution in [2.75, 3.05) is 17.2 Å². The molecule has 0 radical (unpaired) electrons. The molecule has 0 fully saturated rings. The van der Waals surface area contributed by atoms with Crippen LogP contribution in [-0.4, -0.2) is 24.4 Å². The van der Waals surface area contributed by atoms with E-state index in [0.29, 0.717) is 27.0 Å². The van der Waals surface area contributed by atoms with Gasteiger partial charge in [-0.05, 0) is 42.8 Å². The Labute approximate surface area is 164 Å². The SMILES string of the molecule is CC(=O)Nc1cccc(NC(=O)COC(=O)c2sc3cccc(F)c3c2C)c1. The van der Waals surface area contributed by atoms with E-state index in [-0.39, 0.29) is 10.8 Å². The van der Waals surface area contributed by atoms with Crippen molar-refractivity contribution in [3.8, 4) is 0 Å². The smallest absolute Gasteiger partial charge is 0.349 e. The summed E-state index contributed by atoms with van der Waals surface area (Å²) >= 11 is 1.12. The van der Waals surface area contributed by atoms with Gasteiger partial charge in [0, 0.05) is 28.4 Å². The van der Waals surface area contributed by atoms with Crippen molar-refractivity contribution in [1.29, 1.82) is 0 Å². The number of benzene rings is 2. The molecule has 2 amide bonds. The molecule has 3 aromatic rings. The summed E-state index contributed by atoms with van der Waals surface area (Å²) in [6, 6.07) is 11.2. The second-order valence-corrected chi connectivity index (χ2v) is 7.11. The average molecular weight is 400 g/mol. The van der Waals surface area contributed by atoms with Gasteiger partial charge in [-0.1, -0.05) is 12.1 Å². The first-order chi connectivity index (χ1) is 13.3. The van der Waals surface area contributed by atoms with Gasteiger partial charge in [-0.3, -0.25) is 9.59 Å². The first kappa shape index (κ1) is 19.5. The van der Waals surface area contributed by atoms with E-state index in [2.05, 4.69) is 10.6 Å². The Morgan fingerprint density at radius 2 is 1.75 bits per heavy atom. The van der Waals surface area contributed by atoms with E-state index in [4.69, 9.17) is 4.74 Å². The van der Waals surface area contributed by atoms with E-state index < -0.39 is 24.3 Å². The van der Waals surface area contributed by atoms with E-state index in [1.807, 2.05) is 0 Å². The number of anilines is 2. The Hall–Kier alpha value is -3.26. The topological polar surface area (TPSA) is 84.5 Å². The summed E-state index contributed by atoms with van der Waals surface area (Å²) in [4.78, 5) is 35.7. The molecule has 2 aromatic carbocycles. The van der Waals surface area contributed by atoms with Gasteiger partial charge in [-0.2, -0.15) is 0 Å². The summed E-state index contributed by atoms with van der Waals surface area (Å²) in [5.74, 6) is -1.84. The summed E-state index contributed by atoms with van der Waals surface area (Å²) in [5.41, 5.74) is 1.48. The molecule has 8 heteroatoms. The highest BCUT2D eigenvalue weighted by Crippen LogP contribution is 2.32. The van der Waals surface area contributed by atoms with E-state index in [1.165, 1.54) is 13.0 Å². The molecule has 1 heterocycles. The predicted molar refractivity (Wildman–Crippen MR) is 106 cm³/mol. The minimum Gasteiger partial charge on any atom is -0.451 e. The van der Waals surface area contributed by atoms with Crippen LogP contribution in [0.25, 0.3) is 10.1 Å². The molecule has 0 aliphatic carbocycles. The van der Waals surface area contributed by atoms with Gasteiger partial charge in [0.25, 0.3) is 5.91 Å². The number of carbonyl (C=O) groups is 3. The molecular formula is C20H17FN2O4S. The Morgan fingerprint density at radius 3 is 2.43 bits per heavy atom. The minimum atomic E-state index is -0.680. The number of carbonyl (C=O) groups excluding carboxylic acids is 3. The number of hydrogen-bond acceptors (Lipinski definition) is 5. The third kappa shape index (κ3) is 4.34. The quantitative estimate of drug-likeness (QED) is 0.632. The molecule has 0 aliphatic heterocycles. The van der Waals surface area contributed by atoms with Crippen LogP contribution in [-0.2, 0) is 14.3 Å². The molecule has 28 heavy (non-hydrogen) atoms. The maximum absolute atomic E-state index is 14.0. The van der Waals surface area contributed by atoms with E-state index >= 15 is 0 Å². The van der Waals surface area contributed by atoms with Crippen molar-refractivity contribution in [1.82, 2.24) is 0 Å². The third-order valence-corrected chi connectivity index (χ3v) is 5.13. The van der Waals surface area contributed by atoms with Crippen molar-refractivity contribution in [2.24, 2.45) is 0 Å². The molecular weight excluding hydrogens is 383 g/mol. The fourth-order valence-corrected chi connectivity index (χ4v) is 3.84. The van der Waals surface area contributed by atoms with Crippen LogP contribution in [0.15, 0.2) is 42.5 Å². The van der Waals surface area contributed by atoms with Gasteiger partial charge in [0.05, 0.1) is 0 Å². The Bertz CT molecular complexity index is 1080. The number of aryl methyl sites for hydroxylation is 1. The van der Waals surface area contributed by atoms with Crippen LogP contribution in [0.2, 0.25) is 0 Å². The number of nitrogens with one attached hydrogen (secondary N) is 2. The Morgan fingerprint density at radius 1 is 1.07 bits per heavy atom. The highest BCUT2D eigenvalue weighted by atomic mass is 32.1. The lowest BCUT2D eigenvalue weighted by Gasteiger charge is -2.08. The zero-order valence-corrected chi connectivity index (χ0v) is 16.0. The normalized spacial score (nSPS) is 10.5. The number of rotatable bonds is 5. The third-order valence-electron chi connectivity index (χ3n) is 3.89. The van der Waals surface area contributed by atoms with E-state index in [0.717, 1.165) is 11.3 Å². The second-order valence-electron chi connectivity index (χ2n) is 6.06. The molecule has 2 N–H and O–H groups in total. The monoisotopic (exact) mass is 400 g/mol. The van der Waals surface area contributed by atoms with Crippen molar-refractivity contribution >= 4 is 50.6 Å². The number of ether oxygens (including phenoxy) is 1. The second kappa shape index (κ2) is 8.18. The zero-order chi connectivity index (χ0) is 20.3. The summed E-state index contributed by atoms with van der Waals surface area (Å²) in [7, 11) is 0. The van der Waals surface area contributed by atoms with Crippen molar-refractivity contribution in [2.45, 2.75) is 13.8 Å². The molecule has 0 spiro atoms. The van der Waals surface area contributed by atoms with E-state index in [9.17, 15) is 18.8 Å². The van der Waals surface area contributed by atoms with Crippen molar-refractivity contribution in [3.05, 3.63) is 58.7 Å². The lowest BCUT2D eigenvalue weighted by molar-refractivity contribution is -0.119. The molecule has 6 nitrogen and oxygen atoms in total. The number of esters is 1. The van der Waals surface area contributed by atoms with Crippen molar-refractivity contribution in [3.63, 3.8) is 0 Å². The number of thiophene rings is 1. The van der Waals surface area contributed by atoms with Crippen molar-refractivity contribution < 1.29 is 23.5 Å². The number of halogens is 1. The predicted octanol–water partition coefficient (Wildman–Crippen LogP) is 4.10. The Balaban J connectivity index is 1.63. The van der Waals surface area contributed by atoms with Gasteiger partial charge >= 0.3 is 5.97 Å². The number of amides is 2. The van der Waals surface area contributed by atoms with Crippen LogP contribution in [0, 0.1) is 12.7 Å². The first-order valence-electron chi connectivity index (χ1n) is 8.37. The van der Waals surface area contributed by atoms with Gasteiger partial charge in [0.15, 0.2) is 6.61 Å². The molecule has 0 unspecified atom stereocenters. The standard InChI is InChI=1S/C20H17FN2O4S/c1-11-18-15(21)7-4-8-16(18)28-19(11)20(26)27-10-17(25)23-14-6-3-5-13(9-14)22-12(2)24/h3-9H,10H2,1-2H3,(H,22,24)(H,23,25). The molecule has 0 saturated heterocycles. The summed E-state index contributed by atoms with van der Waals surface area (Å²) in [6.07, 6.45) is 0. The maximum atomic E-state index is 14.0. The highest BCUT2D eigenvalue weighted by molar-refractivity contribution is 7.21. The summed E-state index contributed by atoms with van der Waals surface area (Å²) in [6.45, 7) is 2.54. The highest BCUT2D eigenvalue weighted by Gasteiger charge is 2.19. The molecule has 0 saturated carbocycles. The van der Waals surface area contributed by atoms with Gasteiger partial charge < -0.3 is 15.4 Å². The average Bonchev–Trinajstić information content (AvgIpc) is 2.97. The van der Waals surface area contributed by atoms with Crippen LogP contribution >= 0.6 is 11.3 Å². The van der Waals surface area contributed by atoms with Crippen LogP contribution in [0.3, 0.4) is 0 Å². The van der Waals surface area contributed by atoms with Gasteiger partial charge in [-0.15, -0.1) is 11.3 Å². The minimum absolute atomic E-state index is 0.229. The van der Waals surface area contributed by atoms with Crippen LogP contribution in [0.4, 0.5) is 15.8 Å².